The van der Waals surface area contributed by atoms with Gasteiger partial charge in [-0.1, -0.05) is 60.7 Å². The standard InChI is InChI=1S/C22H27NO6/c1-15(24)23-19-21(28-13-17-10-6-3-7-11-17)20(25)18(29-22(19)26)14-27-12-16-8-4-2-5-9-16/h2-11,18-22,25-26H,12-14H2,1H3,(H,23,24)/t18-,19-,20-,21-,22-/m1/s1. The summed E-state index contributed by atoms with van der Waals surface area (Å²) in [5, 5.41) is 23.8. The van der Waals surface area contributed by atoms with Crippen LogP contribution in [0.2, 0.25) is 0 Å². The van der Waals surface area contributed by atoms with Crippen LogP contribution in [0.4, 0.5) is 0 Å². The van der Waals surface area contributed by atoms with Gasteiger partial charge in [0.25, 0.3) is 0 Å². The average molecular weight is 401 g/mol. The molecule has 0 radical (unpaired) electrons. The Morgan fingerprint density at radius 3 is 2.17 bits per heavy atom. The summed E-state index contributed by atoms with van der Waals surface area (Å²) in [6.45, 7) is 1.99. The monoisotopic (exact) mass is 401 g/mol. The molecule has 1 saturated heterocycles. The highest BCUT2D eigenvalue weighted by Gasteiger charge is 2.46. The summed E-state index contributed by atoms with van der Waals surface area (Å²) in [6.07, 6.45) is -4.06. The molecule has 5 atom stereocenters. The fourth-order valence-electron chi connectivity index (χ4n) is 3.29. The number of carbonyl (C=O) groups excluding carboxylic acids is 1. The van der Waals surface area contributed by atoms with Crippen molar-refractivity contribution in [3.8, 4) is 0 Å². The van der Waals surface area contributed by atoms with Crippen molar-refractivity contribution in [2.75, 3.05) is 6.61 Å². The van der Waals surface area contributed by atoms with E-state index in [0.29, 0.717) is 6.61 Å². The third kappa shape index (κ3) is 6.09. The van der Waals surface area contributed by atoms with Gasteiger partial charge >= 0.3 is 0 Å². The Morgan fingerprint density at radius 1 is 1.00 bits per heavy atom. The highest BCUT2D eigenvalue weighted by Crippen LogP contribution is 2.24. The molecule has 0 unspecified atom stereocenters. The number of aliphatic hydroxyl groups excluding tert-OH is 2. The number of benzene rings is 2. The Bertz CT molecular complexity index is 756. The fourth-order valence-corrected chi connectivity index (χ4v) is 3.29. The van der Waals surface area contributed by atoms with E-state index in [1.54, 1.807) is 0 Å². The van der Waals surface area contributed by atoms with Gasteiger partial charge < -0.3 is 29.7 Å². The number of rotatable bonds is 8. The van der Waals surface area contributed by atoms with Gasteiger partial charge in [0.05, 0.1) is 19.8 Å². The Labute approximate surface area is 170 Å². The molecule has 3 rings (SSSR count). The minimum atomic E-state index is -1.33. The molecular formula is C22H27NO6. The molecule has 0 bridgehead atoms. The van der Waals surface area contributed by atoms with Crippen molar-refractivity contribution in [3.05, 3.63) is 71.8 Å². The number of nitrogens with one attached hydrogen (secondary N) is 1. The zero-order valence-corrected chi connectivity index (χ0v) is 16.3. The van der Waals surface area contributed by atoms with E-state index in [2.05, 4.69) is 5.32 Å². The van der Waals surface area contributed by atoms with Crippen molar-refractivity contribution < 1.29 is 29.2 Å². The molecule has 7 heteroatoms. The predicted molar refractivity (Wildman–Crippen MR) is 106 cm³/mol. The molecule has 1 aliphatic rings. The van der Waals surface area contributed by atoms with E-state index in [-0.39, 0.29) is 19.1 Å². The second-order valence-electron chi connectivity index (χ2n) is 7.04. The predicted octanol–water partition coefficient (Wildman–Crippen LogP) is 1.37. The van der Waals surface area contributed by atoms with Gasteiger partial charge in [0.15, 0.2) is 6.29 Å². The summed E-state index contributed by atoms with van der Waals surface area (Å²) in [6, 6.07) is 18.2. The van der Waals surface area contributed by atoms with Gasteiger partial charge in [0.1, 0.15) is 24.4 Å². The van der Waals surface area contributed by atoms with Gasteiger partial charge in [-0.25, -0.2) is 0 Å². The number of aliphatic hydroxyl groups is 2. The normalized spacial score (nSPS) is 26.8. The highest BCUT2D eigenvalue weighted by molar-refractivity contribution is 5.73. The number of hydrogen-bond acceptors (Lipinski definition) is 6. The Kier molecular flexibility index (Phi) is 7.74. The van der Waals surface area contributed by atoms with Crippen LogP contribution in [0.1, 0.15) is 18.1 Å². The van der Waals surface area contributed by atoms with Gasteiger partial charge in [-0.3, -0.25) is 4.79 Å². The molecule has 1 fully saturated rings. The summed E-state index contributed by atoms with van der Waals surface area (Å²) in [5.41, 5.74) is 1.91. The van der Waals surface area contributed by atoms with Crippen molar-refractivity contribution in [1.82, 2.24) is 5.32 Å². The van der Waals surface area contributed by atoms with E-state index < -0.39 is 30.6 Å². The smallest absolute Gasteiger partial charge is 0.217 e. The summed E-state index contributed by atoms with van der Waals surface area (Å²) in [5.74, 6) is -0.350. The lowest BCUT2D eigenvalue weighted by Gasteiger charge is -2.42. The van der Waals surface area contributed by atoms with Crippen LogP contribution in [0, 0.1) is 0 Å². The first-order valence-corrected chi connectivity index (χ1v) is 9.60. The van der Waals surface area contributed by atoms with Crippen molar-refractivity contribution in [1.29, 1.82) is 0 Å². The van der Waals surface area contributed by atoms with Crippen LogP contribution in [-0.4, -0.2) is 53.4 Å². The van der Waals surface area contributed by atoms with Gasteiger partial charge in [-0.05, 0) is 11.1 Å². The molecule has 0 aromatic heterocycles. The van der Waals surface area contributed by atoms with Gasteiger partial charge in [0.2, 0.25) is 5.91 Å². The first kappa shape index (κ1) is 21.4. The molecule has 29 heavy (non-hydrogen) atoms. The second-order valence-corrected chi connectivity index (χ2v) is 7.04. The molecular weight excluding hydrogens is 374 g/mol. The summed E-state index contributed by atoms with van der Waals surface area (Å²) in [7, 11) is 0. The maximum atomic E-state index is 11.6. The van der Waals surface area contributed by atoms with Crippen LogP contribution < -0.4 is 5.32 Å². The van der Waals surface area contributed by atoms with Crippen molar-refractivity contribution >= 4 is 5.91 Å². The quantitative estimate of drug-likeness (QED) is 0.618. The lowest BCUT2D eigenvalue weighted by atomic mass is 9.96. The molecule has 0 spiro atoms. The van der Waals surface area contributed by atoms with Crippen molar-refractivity contribution in [3.63, 3.8) is 0 Å². The molecule has 3 N–H and O–H groups in total. The highest BCUT2D eigenvalue weighted by atomic mass is 16.6. The van der Waals surface area contributed by atoms with E-state index >= 15 is 0 Å². The third-order valence-corrected chi connectivity index (χ3v) is 4.74. The largest absolute Gasteiger partial charge is 0.388 e. The van der Waals surface area contributed by atoms with Crippen LogP contribution in [0.5, 0.6) is 0 Å². The van der Waals surface area contributed by atoms with Crippen LogP contribution in [-0.2, 0) is 32.2 Å². The van der Waals surface area contributed by atoms with Crippen LogP contribution in [0.25, 0.3) is 0 Å². The fraction of sp³-hybridized carbons (Fsp3) is 0.409. The van der Waals surface area contributed by atoms with Gasteiger partial charge in [0, 0.05) is 6.92 Å². The summed E-state index contributed by atoms with van der Waals surface area (Å²) in [4.78, 5) is 11.6. The lowest BCUT2D eigenvalue weighted by molar-refractivity contribution is -0.266. The van der Waals surface area contributed by atoms with E-state index in [1.165, 1.54) is 6.92 Å². The number of amides is 1. The molecule has 7 nitrogen and oxygen atoms in total. The molecule has 1 amide bonds. The minimum absolute atomic E-state index is 0.0745. The van der Waals surface area contributed by atoms with Gasteiger partial charge in [-0.15, -0.1) is 0 Å². The zero-order chi connectivity index (χ0) is 20.6. The molecule has 156 valence electrons. The van der Waals surface area contributed by atoms with Gasteiger partial charge in [-0.2, -0.15) is 0 Å². The molecule has 2 aromatic rings. The van der Waals surface area contributed by atoms with E-state index in [9.17, 15) is 15.0 Å². The zero-order valence-electron chi connectivity index (χ0n) is 16.3. The topological polar surface area (TPSA) is 97.3 Å². The Hall–Kier alpha value is -2.29. The van der Waals surface area contributed by atoms with E-state index in [4.69, 9.17) is 14.2 Å². The third-order valence-electron chi connectivity index (χ3n) is 4.74. The maximum absolute atomic E-state index is 11.6. The van der Waals surface area contributed by atoms with Crippen molar-refractivity contribution in [2.24, 2.45) is 0 Å². The van der Waals surface area contributed by atoms with Crippen LogP contribution in [0.15, 0.2) is 60.7 Å². The number of hydrogen-bond donors (Lipinski definition) is 3. The van der Waals surface area contributed by atoms with Crippen LogP contribution in [0.3, 0.4) is 0 Å². The summed E-state index contributed by atoms with van der Waals surface area (Å²) >= 11 is 0. The Morgan fingerprint density at radius 2 is 1.59 bits per heavy atom. The second kappa shape index (κ2) is 10.5. The molecule has 0 aliphatic carbocycles. The molecule has 0 saturated carbocycles. The van der Waals surface area contributed by atoms with Crippen LogP contribution >= 0.6 is 0 Å². The number of carbonyl (C=O) groups is 1. The van der Waals surface area contributed by atoms with E-state index in [0.717, 1.165) is 11.1 Å². The SMILES string of the molecule is CC(=O)N[C@@H]1[C@@H](OCc2ccccc2)[C@H](O)[C@@H](COCc2ccccc2)O[C@H]1O. The maximum Gasteiger partial charge on any atom is 0.217 e. The molecule has 1 heterocycles. The average Bonchev–Trinajstić information content (AvgIpc) is 2.72. The minimum Gasteiger partial charge on any atom is -0.388 e. The lowest BCUT2D eigenvalue weighted by Crippen LogP contribution is -2.64. The van der Waals surface area contributed by atoms with Crippen molar-refractivity contribution in [2.45, 2.75) is 50.8 Å². The summed E-state index contributed by atoms with van der Waals surface area (Å²) < 4.78 is 17.1. The molecule has 1 aliphatic heterocycles. The Balaban J connectivity index is 1.64. The first-order chi connectivity index (χ1) is 14.0. The van der Waals surface area contributed by atoms with E-state index in [1.807, 2.05) is 60.7 Å². The first-order valence-electron chi connectivity index (χ1n) is 9.60. The molecule has 2 aromatic carbocycles. The number of ether oxygens (including phenoxy) is 3.